The number of anilines is 9. The van der Waals surface area contributed by atoms with Crippen LogP contribution in [0.3, 0.4) is 0 Å². The summed E-state index contributed by atoms with van der Waals surface area (Å²) >= 11 is 0. The molecule has 132 heavy (non-hydrogen) atoms. The molecule has 5 atom stereocenters. The zero-order valence-electron chi connectivity index (χ0n) is 73.0. The van der Waals surface area contributed by atoms with Crippen molar-refractivity contribution in [3.63, 3.8) is 0 Å². The predicted octanol–water partition coefficient (Wildman–Crippen LogP) is 8.85. The number of nitriles is 3. The zero-order chi connectivity index (χ0) is 91.7. The molecule has 9 saturated heterocycles. The smallest absolute Gasteiger partial charge is 0.387 e. The third kappa shape index (κ3) is 22.6. The Balaban J connectivity index is 0.000000145. The van der Waals surface area contributed by atoms with Gasteiger partial charge in [0.15, 0.2) is 35.6 Å². The highest BCUT2D eigenvalue weighted by atomic mass is 19.3. The number of aliphatic hydroxyl groups is 2. The largest absolute Gasteiger partial charge is 0.495 e. The van der Waals surface area contributed by atoms with Gasteiger partial charge in [0.2, 0.25) is 18.4 Å². The molecule has 9 fully saturated rings. The lowest BCUT2D eigenvalue weighted by atomic mass is 10.0. The van der Waals surface area contributed by atoms with Gasteiger partial charge in [0.25, 0.3) is 0 Å². The molecule has 1 unspecified atom stereocenters. The first kappa shape index (κ1) is 91.9. The molecule has 0 saturated carbocycles. The molecule has 2 amide bonds. The molecule has 0 spiro atoms. The highest BCUT2D eigenvalue weighted by Crippen LogP contribution is 2.39. The number of carbonyl (C=O) groups is 2. The summed E-state index contributed by atoms with van der Waals surface area (Å²) in [6, 6.07) is 47.7. The van der Waals surface area contributed by atoms with Crippen LogP contribution in [0.2, 0.25) is 0 Å². The fraction of sp³-hybridized carbons (Fsp3) is 0.430. The molecule has 35 nitrogen and oxygen atoms in total. The van der Waals surface area contributed by atoms with Crippen molar-refractivity contribution in [1.82, 2.24) is 59.4 Å². The second-order valence-corrected chi connectivity index (χ2v) is 33.1. The van der Waals surface area contributed by atoms with Gasteiger partial charge in [0.05, 0.1) is 124 Å². The van der Waals surface area contributed by atoms with Crippen molar-refractivity contribution >= 4 is 63.4 Å². The van der Waals surface area contributed by atoms with Crippen LogP contribution in [0.4, 0.5) is 69.1 Å². The number of hydrogen-bond donors (Lipinski definition) is 5. The topological polar surface area (TPSA) is 382 Å². The number of nitrogens with zero attached hydrogens (tertiary/aromatic N) is 19. The molecule has 12 heterocycles. The van der Waals surface area contributed by atoms with Crippen LogP contribution in [0.25, 0.3) is 34.2 Å². The number of halogens is 4. The summed E-state index contributed by atoms with van der Waals surface area (Å²) in [4.78, 5) is 79.7. The van der Waals surface area contributed by atoms with Gasteiger partial charge in [0, 0.05) is 175 Å². The quantitative estimate of drug-likeness (QED) is 0.0249. The maximum absolute atomic E-state index is 14.8. The summed E-state index contributed by atoms with van der Waals surface area (Å²) in [6.45, 7) is 12.4. The average Bonchev–Trinajstić information content (AvgIpc) is 0.771. The molecule has 18 rings (SSSR count). The Hall–Kier alpha value is -13.4. The van der Waals surface area contributed by atoms with Crippen molar-refractivity contribution in [3.05, 3.63) is 174 Å². The molecule has 3 aromatic heterocycles. The van der Waals surface area contributed by atoms with Crippen LogP contribution < -0.4 is 54.3 Å². The molecule has 690 valence electrons. The van der Waals surface area contributed by atoms with Gasteiger partial charge in [-0.25, -0.2) is 38.7 Å². The monoisotopic (exact) mass is 1810 g/mol. The highest BCUT2D eigenvalue weighted by molar-refractivity contribution is 5.78. The first-order valence-corrected chi connectivity index (χ1v) is 44.0. The van der Waals surface area contributed by atoms with Crippen LogP contribution >= 0.6 is 0 Å². The molecular formula is C93H103F4N22O13+. The van der Waals surface area contributed by atoms with E-state index in [4.69, 9.17) is 48.1 Å². The van der Waals surface area contributed by atoms with E-state index in [9.17, 15) is 47.8 Å². The lowest BCUT2D eigenvalue weighted by molar-refractivity contribution is -0.712. The van der Waals surface area contributed by atoms with Gasteiger partial charge in [-0.2, -0.15) is 24.6 Å². The van der Waals surface area contributed by atoms with E-state index in [2.05, 4.69) is 119 Å². The lowest BCUT2D eigenvalue weighted by Gasteiger charge is -2.43. The number of alkyl halides is 4. The van der Waals surface area contributed by atoms with Gasteiger partial charge in [-0.05, 0) is 121 Å². The number of likely N-dealkylation sites (N-methyl/N-ethyl adjacent to an activating group) is 1. The van der Waals surface area contributed by atoms with E-state index in [1.807, 2.05) is 29.2 Å². The Morgan fingerprint density at radius 1 is 0.477 bits per heavy atom. The summed E-state index contributed by atoms with van der Waals surface area (Å²) in [6.07, 6.45) is 1.13. The van der Waals surface area contributed by atoms with Crippen LogP contribution in [0.1, 0.15) is 36.0 Å². The number of ether oxygens (including phenoxy) is 8. The number of nitroso groups, excluding NO2 is 1. The Morgan fingerprint density at radius 2 is 0.864 bits per heavy atom. The van der Waals surface area contributed by atoms with E-state index in [1.54, 1.807) is 98.3 Å². The minimum Gasteiger partial charge on any atom is -0.495 e. The van der Waals surface area contributed by atoms with Crippen LogP contribution in [0.5, 0.6) is 28.7 Å². The predicted molar refractivity (Wildman–Crippen MR) is 479 cm³/mol. The number of piperazine rings is 3. The van der Waals surface area contributed by atoms with Crippen molar-refractivity contribution < 1.29 is 80.1 Å². The minimum absolute atomic E-state index is 0.0511. The first-order valence-electron chi connectivity index (χ1n) is 44.0. The van der Waals surface area contributed by atoms with E-state index < -0.39 is 56.2 Å². The average molecular weight is 1810 g/mol. The molecular weight excluding hydrogens is 1710 g/mol. The Labute approximate surface area is 760 Å². The number of benzene rings is 6. The van der Waals surface area contributed by atoms with Crippen molar-refractivity contribution in [2.45, 2.75) is 74.7 Å². The maximum atomic E-state index is 14.8. The van der Waals surface area contributed by atoms with Gasteiger partial charge in [-0.15, -0.1) is 5.01 Å². The van der Waals surface area contributed by atoms with Crippen molar-refractivity contribution in [2.24, 2.45) is 0 Å². The molecule has 9 aromatic rings. The van der Waals surface area contributed by atoms with E-state index >= 15 is 0 Å². The number of nitrogens with one attached hydrogen (secondary N) is 3. The fourth-order valence-corrected chi connectivity index (χ4v) is 17.0. The van der Waals surface area contributed by atoms with Gasteiger partial charge >= 0.3 is 6.61 Å². The molecule has 0 bridgehead atoms. The Bertz CT molecular complexity index is 5650. The molecule has 9 aliphatic rings. The van der Waals surface area contributed by atoms with Crippen molar-refractivity contribution in [2.75, 3.05) is 215 Å². The lowest BCUT2D eigenvalue weighted by Crippen LogP contribution is -2.56. The molecule has 9 aliphatic heterocycles. The van der Waals surface area contributed by atoms with Crippen LogP contribution in [-0.4, -0.2) is 327 Å². The summed E-state index contributed by atoms with van der Waals surface area (Å²) in [5.41, 5.74) is 7.67. The van der Waals surface area contributed by atoms with E-state index in [-0.39, 0.29) is 79.3 Å². The number of hydrazine groups is 1. The Kier molecular flexibility index (Phi) is 30.0. The molecule has 5 N–H and O–H groups in total. The number of piperidine rings is 2. The van der Waals surface area contributed by atoms with E-state index in [0.717, 1.165) is 138 Å². The second-order valence-electron chi connectivity index (χ2n) is 33.1. The third-order valence-electron chi connectivity index (χ3n) is 24.8. The maximum Gasteiger partial charge on any atom is 0.387 e. The number of rotatable bonds is 26. The number of aliphatic hydroxyl groups excluding tert-OH is 2. The minimum atomic E-state index is -3.00. The number of likely N-dealkylation sites (tertiary alicyclic amines) is 2. The van der Waals surface area contributed by atoms with Crippen LogP contribution in [0, 0.1) is 38.9 Å². The SMILES string of the molecule is CN1CC(Oc2ccc(-c3nccc(Nc4ccc(N5CCN(C6COC6)CC5)cc4)n3)cc2C#N)CC[N+]1=O.COc1cc(Nc2ccnc(-c3ccc(O[C@H]4CCN(C(=O)CO)C[C@H]4F)c(C#N)c3)n2)ccc1N1CCN(C2COC2)CC1.N#Cc1cc(-c2nccc(Nc3ccc(N4CCN(C5COC5)CC4)c(OC(F)F)c3)n2)ccc1O[C@H]1CCN(C(=O)CO)C[C@H]1F. The van der Waals surface area contributed by atoms with Gasteiger partial charge in [-0.3, -0.25) is 24.3 Å². The van der Waals surface area contributed by atoms with E-state index in [1.165, 1.54) is 33.8 Å². The summed E-state index contributed by atoms with van der Waals surface area (Å²) in [5, 5.41) is 58.9. The first-order chi connectivity index (χ1) is 64.3. The number of amides is 2. The molecule has 0 aliphatic carbocycles. The third-order valence-corrected chi connectivity index (χ3v) is 24.8. The van der Waals surface area contributed by atoms with E-state index in [0.29, 0.717) is 114 Å². The standard InChI is InChI=1S/C32H34F3N7O5.C32H36FN7O5.C29H33N8O3/c33-24-16-42(30(44)17-43)8-6-27(24)46-26-4-1-20(13-21(26)15-36)31-37-7-5-29(39-31)38-22-2-3-25(28(14-22)47-32(34)35)41-11-9-40(10-12-41)23-18-45-19-23;1-43-29-15-23(3-4-26(29)39-12-10-38(11-13-39)24-19-44-20-24)36-30-6-8-35-32(37-30)21-2-5-27(22(14-21)16-34)45-28-7-9-40(17-25(28)33)31(42)18-41;1-34-18-26(9-11-37(34)38)40-27-7-2-21(16-22(27)17-30)29-31-10-8-28(33-29)32-23-3-5-24(6-4-23)35-12-14-36(15-13-35)25-19-39-20-25/h1-5,7,13-14,23-24,27,32,43H,6,8-12,16-19H2,(H,37,38,39);2-6,8,14-15,24-25,28,41H,7,9-13,17-20H2,1H3,(H,35,36,37);2-8,10,16,25-26H,9,11-15,18-20H2,1H3,(H,31,32,33)/q;;+1/t24-,27+;25-,28+;/m11./s1. The summed E-state index contributed by atoms with van der Waals surface area (Å²) in [5.74, 6) is 3.49. The molecule has 0 radical (unpaired) electrons. The van der Waals surface area contributed by atoms with Crippen LogP contribution in [0.15, 0.2) is 152 Å². The summed E-state index contributed by atoms with van der Waals surface area (Å²) < 4.78 is 101. The van der Waals surface area contributed by atoms with Gasteiger partial charge < -0.3 is 88.6 Å². The number of hydrogen-bond acceptors (Lipinski definition) is 31. The van der Waals surface area contributed by atoms with Crippen molar-refractivity contribution in [3.8, 4) is 81.1 Å². The number of carbonyl (C=O) groups excluding carboxylic acids is 2. The fourth-order valence-electron chi connectivity index (χ4n) is 17.0. The highest BCUT2D eigenvalue weighted by Gasteiger charge is 2.38. The number of aromatic nitrogens is 6. The number of methoxy groups -OCH3 is 1. The van der Waals surface area contributed by atoms with Crippen LogP contribution in [-0.2, 0) is 23.8 Å². The van der Waals surface area contributed by atoms with Gasteiger partial charge in [-0.1, -0.05) is 0 Å². The molecule has 39 heteroatoms. The second kappa shape index (κ2) is 43.1. The zero-order valence-corrected chi connectivity index (χ0v) is 73.0. The Morgan fingerprint density at radius 3 is 1.23 bits per heavy atom. The van der Waals surface area contributed by atoms with Gasteiger partial charge in [0.1, 0.15) is 102 Å². The normalized spacial score (nSPS) is 20.4. The summed E-state index contributed by atoms with van der Waals surface area (Å²) in [7, 11) is 3.40. The molecule has 6 aromatic carbocycles. The van der Waals surface area contributed by atoms with Crippen molar-refractivity contribution in [1.29, 1.82) is 15.8 Å².